The van der Waals surface area contributed by atoms with Gasteiger partial charge in [0, 0.05) is 0 Å². The number of aldehydes is 2. The molecule has 0 saturated carbocycles. The molecule has 4 aromatic carbocycles. The molecule has 4 aromatic rings. The lowest BCUT2D eigenvalue weighted by molar-refractivity contribution is -0.187. The molecule has 0 fully saturated rings. The van der Waals surface area contributed by atoms with Crippen LogP contribution in [0.25, 0.3) is 0 Å². The number of ether oxygens (including phenoxy) is 6. The van der Waals surface area contributed by atoms with Gasteiger partial charge in [0.25, 0.3) is 0 Å². The Balaban J connectivity index is 1.73. The van der Waals surface area contributed by atoms with Crippen LogP contribution in [0.2, 0.25) is 0 Å². The van der Waals surface area contributed by atoms with Gasteiger partial charge in [0.1, 0.15) is 34.1 Å². The van der Waals surface area contributed by atoms with Crippen molar-refractivity contribution in [3.05, 3.63) is 118 Å². The van der Waals surface area contributed by atoms with Crippen molar-refractivity contribution in [1.82, 2.24) is 0 Å². The van der Waals surface area contributed by atoms with E-state index in [1.165, 1.54) is 100 Å². The summed E-state index contributed by atoms with van der Waals surface area (Å²) in [5, 5.41) is 0. The lowest BCUT2D eigenvalue weighted by Gasteiger charge is -2.24. The highest BCUT2D eigenvalue weighted by Gasteiger charge is 2.33. The third kappa shape index (κ3) is 9.79. The summed E-state index contributed by atoms with van der Waals surface area (Å²) in [6.45, 7) is 5.39. The highest BCUT2D eigenvalue weighted by Crippen LogP contribution is 2.35. The number of methoxy groups -OCH3 is 2. The number of hydrogen-bond donors (Lipinski definition) is 0. The predicted molar refractivity (Wildman–Crippen MR) is 191 cm³/mol. The molecule has 0 aliphatic heterocycles. The first-order valence-corrected chi connectivity index (χ1v) is 16.3. The molecule has 0 radical (unpaired) electrons. The van der Waals surface area contributed by atoms with Gasteiger partial charge in [-0.25, -0.2) is 29.0 Å². The zero-order valence-corrected chi connectivity index (χ0v) is 30.8. The molecule has 0 bridgehead atoms. The molecular weight excluding hydrogens is 736 g/mol. The van der Waals surface area contributed by atoms with E-state index in [1.807, 2.05) is 0 Å². The Bertz CT molecular complexity index is 2040. The van der Waals surface area contributed by atoms with Crippen LogP contribution in [0.4, 0.5) is 9.59 Å². The number of ketones is 2. The number of rotatable bonds is 14. The van der Waals surface area contributed by atoms with Crippen LogP contribution >= 0.6 is 0 Å². The fourth-order valence-electron chi connectivity index (χ4n) is 4.75. The first kappa shape index (κ1) is 41.4. The van der Waals surface area contributed by atoms with Gasteiger partial charge in [-0.05, 0) is 76.2 Å². The fraction of sp³-hybridized carbons (Fsp3) is 0.200. The predicted octanol–water partition coefficient (Wildman–Crippen LogP) is 6.08. The zero-order valence-electron chi connectivity index (χ0n) is 30.8. The number of carbonyl (C=O) groups excluding carboxylic acids is 8. The van der Waals surface area contributed by atoms with Crippen molar-refractivity contribution in [1.29, 1.82) is 0 Å². The number of carbonyl (C=O) groups is 8. The van der Waals surface area contributed by atoms with E-state index in [1.54, 1.807) is 0 Å². The van der Waals surface area contributed by atoms with Gasteiger partial charge in [-0.1, -0.05) is 36.4 Å². The maximum Gasteiger partial charge on any atom is 0.513 e. The van der Waals surface area contributed by atoms with Crippen molar-refractivity contribution in [2.75, 3.05) is 14.2 Å². The molecule has 0 unspecified atom stereocenters. The van der Waals surface area contributed by atoms with Gasteiger partial charge in [-0.3, -0.25) is 19.2 Å². The molecule has 56 heavy (non-hydrogen) atoms. The lowest BCUT2D eigenvalue weighted by atomic mass is 9.98. The Morgan fingerprint density at radius 2 is 0.786 bits per heavy atom. The summed E-state index contributed by atoms with van der Waals surface area (Å²) in [7, 11) is 2.14. The maximum atomic E-state index is 13.9. The van der Waals surface area contributed by atoms with Crippen LogP contribution in [0.1, 0.15) is 80.3 Å². The van der Waals surface area contributed by atoms with Crippen molar-refractivity contribution >= 4 is 48.4 Å². The van der Waals surface area contributed by atoms with Crippen LogP contribution in [-0.4, -0.2) is 73.8 Å². The van der Waals surface area contributed by atoms with E-state index < -0.39 is 69.6 Å². The number of hydrogen-bond acceptors (Lipinski definition) is 16. The summed E-state index contributed by atoms with van der Waals surface area (Å²) in [4.78, 5) is 112. The molecule has 0 heterocycles. The number of para-hydroxylation sites is 4. The molecular formula is C40H34O16. The maximum absolute atomic E-state index is 13.9. The second-order valence-corrected chi connectivity index (χ2v) is 12.5. The Labute approximate surface area is 319 Å². The Morgan fingerprint density at radius 3 is 1.12 bits per heavy atom. The van der Waals surface area contributed by atoms with Crippen LogP contribution < -0.4 is 18.9 Å². The molecule has 0 atom stereocenters. The van der Waals surface area contributed by atoms with E-state index in [-0.39, 0.29) is 33.8 Å². The topological polar surface area (TPSA) is 210 Å². The molecule has 0 aromatic heterocycles. The SMILES string of the molecule is COC(=O)Oc1ccccc1C(=O)c1cccc(C(=O)OOC(=O)c2cccc(C(=O)c3ccccc3OC(=O)OC)c2OC(C)(C)C=O)c1OC(C)(C)C=O. The molecule has 0 N–H and O–H groups in total. The van der Waals surface area contributed by atoms with Gasteiger partial charge in [0.15, 0.2) is 23.8 Å². The van der Waals surface area contributed by atoms with E-state index in [0.29, 0.717) is 12.6 Å². The molecule has 0 saturated heterocycles. The van der Waals surface area contributed by atoms with Crippen molar-refractivity contribution in [2.24, 2.45) is 0 Å². The van der Waals surface area contributed by atoms with Gasteiger partial charge >= 0.3 is 24.2 Å². The quantitative estimate of drug-likeness (QED) is 0.0355. The lowest BCUT2D eigenvalue weighted by Crippen LogP contribution is -2.32. The normalized spacial score (nSPS) is 10.9. The van der Waals surface area contributed by atoms with Crippen LogP contribution in [0.3, 0.4) is 0 Å². The summed E-state index contributed by atoms with van der Waals surface area (Å²) in [5.74, 6) is -5.67. The minimum atomic E-state index is -1.62. The smallest absolute Gasteiger partial charge is 0.479 e. The summed E-state index contributed by atoms with van der Waals surface area (Å²) in [6, 6.07) is 18.7. The van der Waals surface area contributed by atoms with Gasteiger partial charge < -0.3 is 28.4 Å². The van der Waals surface area contributed by atoms with Crippen LogP contribution in [-0.2, 0) is 28.8 Å². The molecule has 290 valence electrons. The van der Waals surface area contributed by atoms with Crippen LogP contribution in [0.5, 0.6) is 23.0 Å². The minimum absolute atomic E-state index is 0.150. The summed E-state index contributed by atoms with van der Waals surface area (Å²) < 4.78 is 30.9. The average Bonchev–Trinajstić information content (AvgIpc) is 3.19. The van der Waals surface area contributed by atoms with Crippen LogP contribution in [0, 0.1) is 0 Å². The monoisotopic (exact) mass is 770 g/mol. The molecule has 0 spiro atoms. The van der Waals surface area contributed by atoms with Crippen LogP contribution in [0.15, 0.2) is 84.9 Å². The Hall–Kier alpha value is -7.36. The Morgan fingerprint density at radius 1 is 0.464 bits per heavy atom. The molecule has 16 heteroatoms. The number of benzene rings is 4. The molecule has 16 nitrogen and oxygen atoms in total. The van der Waals surface area contributed by atoms with Gasteiger partial charge in [0.05, 0.1) is 36.5 Å². The average molecular weight is 771 g/mol. The second kappa shape index (κ2) is 17.6. The van der Waals surface area contributed by atoms with Crippen molar-refractivity contribution in [3.8, 4) is 23.0 Å². The molecule has 0 amide bonds. The fourth-order valence-corrected chi connectivity index (χ4v) is 4.75. The minimum Gasteiger partial charge on any atom is -0.479 e. The first-order valence-electron chi connectivity index (χ1n) is 16.3. The summed E-state index contributed by atoms with van der Waals surface area (Å²) >= 11 is 0. The summed E-state index contributed by atoms with van der Waals surface area (Å²) in [6.07, 6.45) is -1.40. The summed E-state index contributed by atoms with van der Waals surface area (Å²) in [5.41, 5.74) is -5.05. The zero-order chi connectivity index (χ0) is 41.2. The van der Waals surface area contributed by atoms with E-state index in [0.717, 1.165) is 26.4 Å². The first-order chi connectivity index (χ1) is 26.6. The molecule has 0 aliphatic carbocycles. The van der Waals surface area contributed by atoms with Crippen molar-refractivity contribution < 1.29 is 76.6 Å². The van der Waals surface area contributed by atoms with E-state index in [9.17, 15) is 38.4 Å². The van der Waals surface area contributed by atoms with Crippen molar-refractivity contribution in [3.63, 3.8) is 0 Å². The molecule has 0 aliphatic rings. The van der Waals surface area contributed by atoms with Gasteiger partial charge in [0.2, 0.25) is 11.6 Å². The van der Waals surface area contributed by atoms with Gasteiger partial charge in [-0.15, -0.1) is 0 Å². The highest BCUT2D eigenvalue weighted by molar-refractivity contribution is 6.15. The largest absolute Gasteiger partial charge is 0.513 e. The third-order valence-corrected chi connectivity index (χ3v) is 7.43. The molecule has 4 rings (SSSR count). The Kier molecular flexibility index (Phi) is 13.0. The second-order valence-electron chi connectivity index (χ2n) is 12.5. The highest BCUT2D eigenvalue weighted by atomic mass is 17.2. The van der Waals surface area contributed by atoms with E-state index in [4.69, 9.17) is 28.7 Å². The van der Waals surface area contributed by atoms with Crippen molar-refractivity contribution in [2.45, 2.75) is 38.9 Å². The third-order valence-electron chi connectivity index (χ3n) is 7.43. The van der Waals surface area contributed by atoms with Gasteiger partial charge in [-0.2, -0.15) is 0 Å². The standard InChI is InChI=1S/C40H34O16/c1-39(2,21-41)53-33-25(31(43)23-13-7-9-19-29(23)51-37(47)49-5)15-11-17-27(33)35(45)55-56-36(46)28-18-12-16-26(34(28)54-40(3,4)22-42)32(44)24-14-8-10-20-30(24)52-38(48)50-6/h7-22H,1-6H3. The van der Waals surface area contributed by atoms with E-state index >= 15 is 0 Å². The van der Waals surface area contributed by atoms with E-state index in [2.05, 4.69) is 9.47 Å².